The van der Waals surface area contributed by atoms with Crippen LogP contribution in [0.25, 0.3) is 17.1 Å². The maximum atomic E-state index is 5.30. The summed E-state index contributed by atoms with van der Waals surface area (Å²) < 4.78 is 12.4. The molecule has 16 heavy (non-hydrogen) atoms. The lowest BCUT2D eigenvalue weighted by Crippen LogP contribution is -1.85. The van der Waals surface area contributed by atoms with Gasteiger partial charge in [0.1, 0.15) is 17.1 Å². The standard InChI is InChI=1S/C12H10N2O2/c1-15-9-4-5-14-8-10(13-12(14)7-9)11-3-2-6-16-11/h2-8H,1H3. The summed E-state index contributed by atoms with van der Waals surface area (Å²) in [5.41, 5.74) is 1.66. The second kappa shape index (κ2) is 3.41. The second-order valence-electron chi connectivity index (χ2n) is 3.44. The van der Waals surface area contributed by atoms with Gasteiger partial charge in [0, 0.05) is 18.5 Å². The fourth-order valence-electron chi connectivity index (χ4n) is 1.63. The second-order valence-corrected chi connectivity index (χ2v) is 3.44. The van der Waals surface area contributed by atoms with Crippen molar-refractivity contribution >= 4 is 5.65 Å². The highest BCUT2D eigenvalue weighted by Crippen LogP contribution is 2.21. The van der Waals surface area contributed by atoms with Crippen LogP contribution in [0.5, 0.6) is 5.75 Å². The number of furan rings is 1. The van der Waals surface area contributed by atoms with Crippen LogP contribution in [0.1, 0.15) is 0 Å². The zero-order valence-corrected chi connectivity index (χ0v) is 8.75. The highest BCUT2D eigenvalue weighted by Gasteiger charge is 2.06. The molecule has 0 bridgehead atoms. The zero-order valence-electron chi connectivity index (χ0n) is 8.75. The number of nitrogens with zero attached hydrogens (tertiary/aromatic N) is 2. The normalized spacial score (nSPS) is 10.8. The molecule has 0 aliphatic rings. The van der Waals surface area contributed by atoms with Crippen LogP contribution >= 0.6 is 0 Å². The van der Waals surface area contributed by atoms with E-state index in [1.807, 2.05) is 41.1 Å². The molecule has 0 fully saturated rings. The Kier molecular flexibility index (Phi) is 1.93. The van der Waals surface area contributed by atoms with Crippen molar-refractivity contribution in [1.29, 1.82) is 0 Å². The van der Waals surface area contributed by atoms with E-state index < -0.39 is 0 Å². The summed E-state index contributed by atoms with van der Waals surface area (Å²) in [6.45, 7) is 0. The molecule has 0 radical (unpaired) electrons. The molecule has 0 spiro atoms. The van der Waals surface area contributed by atoms with Crippen molar-refractivity contribution in [3.8, 4) is 17.2 Å². The third-order valence-corrected chi connectivity index (χ3v) is 2.44. The van der Waals surface area contributed by atoms with Crippen molar-refractivity contribution in [2.24, 2.45) is 0 Å². The van der Waals surface area contributed by atoms with E-state index in [4.69, 9.17) is 9.15 Å². The molecular formula is C12H10N2O2. The third kappa shape index (κ3) is 1.35. The first kappa shape index (κ1) is 9.03. The molecule has 0 saturated heterocycles. The maximum Gasteiger partial charge on any atom is 0.153 e. The molecule has 0 atom stereocenters. The highest BCUT2D eigenvalue weighted by atomic mass is 16.5. The van der Waals surface area contributed by atoms with Crippen molar-refractivity contribution < 1.29 is 9.15 Å². The molecule has 80 valence electrons. The van der Waals surface area contributed by atoms with Gasteiger partial charge in [0.15, 0.2) is 5.76 Å². The molecule has 4 nitrogen and oxygen atoms in total. The van der Waals surface area contributed by atoms with Gasteiger partial charge in [-0.05, 0) is 18.2 Å². The molecule has 3 aromatic rings. The minimum absolute atomic E-state index is 0.766. The largest absolute Gasteiger partial charge is 0.497 e. The van der Waals surface area contributed by atoms with Gasteiger partial charge in [0.2, 0.25) is 0 Å². The SMILES string of the molecule is COc1ccn2cc(-c3ccco3)nc2c1. The highest BCUT2D eigenvalue weighted by molar-refractivity contribution is 5.58. The van der Waals surface area contributed by atoms with Gasteiger partial charge < -0.3 is 13.6 Å². The van der Waals surface area contributed by atoms with Gasteiger partial charge >= 0.3 is 0 Å². The average Bonchev–Trinajstić information content (AvgIpc) is 2.96. The van der Waals surface area contributed by atoms with E-state index in [0.717, 1.165) is 22.9 Å². The number of ether oxygens (including phenoxy) is 1. The third-order valence-electron chi connectivity index (χ3n) is 2.44. The summed E-state index contributed by atoms with van der Waals surface area (Å²) in [5, 5.41) is 0. The molecule has 3 rings (SSSR count). The van der Waals surface area contributed by atoms with E-state index in [1.54, 1.807) is 13.4 Å². The Morgan fingerprint density at radius 1 is 1.38 bits per heavy atom. The monoisotopic (exact) mass is 214 g/mol. The van der Waals surface area contributed by atoms with Crippen LogP contribution in [0, 0.1) is 0 Å². The molecule has 0 unspecified atom stereocenters. The molecule has 0 aliphatic heterocycles. The van der Waals surface area contributed by atoms with Gasteiger partial charge in [-0.1, -0.05) is 0 Å². The Bertz CT molecular complexity index is 611. The van der Waals surface area contributed by atoms with Gasteiger partial charge in [-0.2, -0.15) is 0 Å². The van der Waals surface area contributed by atoms with Gasteiger partial charge in [-0.3, -0.25) is 0 Å². The summed E-state index contributed by atoms with van der Waals surface area (Å²) in [4.78, 5) is 4.45. The van der Waals surface area contributed by atoms with Crippen LogP contribution in [-0.2, 0) is 0 Å². The van der Waals surface area contributed by atoms with Crippen molar-refractivity contribution in [3.05, 3.63) is 42.9 Å². The number of hydrogen-bond donors (Lipinski definition) is 0. The number of methoxy groups -OCH3 is 1. The minimum atomic E-state index is 0.766. The summed E-state index contributed by atoms with van der Waals surface area (Å²) >= 11 is 0. The van der Waals surface area contributed by atoms with E-state index in [9.17, 15) is 0 Å². The lowest BCUT2D eigenvalue weighted by atomic mass is 10.4. The van der Waals surface area contributed by atoms with Gasteiger partial charge in [-0.15, -0.1) is 0 Å². The van der Waals surface area contributed by atoms with Gasteiger partial charge in [-0.25, -0.2) is 4.98 Å². The van der Waals surface area contributed by atoms with Crippen LogP contribution in [0.4, 0.5) is 0 Å². The van der Waals surface area contributed by atoms with Crippen LogP contribution in [0.3, 0.4) is 0 Å². The molecule has 0 saturated carbocycles. The number of rotatable bonds is 2. The number of pyridine rings is 1. The fraction of sp³-hybridized carbons (Fsp3) is 0.0833. The minimum Gasteiger partial charge on any atom is -0.497 e. The molecule has 0 aliphatic carbocycles. The van der Waals surface area contributed by atoms with Gasteiger partial charge in [0.25, 0.3) is 0 Å². The van der Waals surface area contributed by atoms with Crippen LogP contribution in [-0.4, -0.2) is 16.5 Å². The topological polar surface area (TPSA) is 39.7 Å². The lowest BCUT2D eigenvalue weighted by molar-refractivity contribution is 0.414. The predicted molar refractivity (Wildman–Crippen MR) is 59.4 cm³/mol. The number of hydrogen-bond acceptors (Lipinski definition) is 3. The van der Waals surface area contributed by atoms with E-state index in [2.05, 4.69) is 4.98 Å². The Morgan fingerprint density at radius 2 is 2.31 bits per heavy atom. The van der Waals surface area contributed by atoms with E-state index in [-0.39, 0.29) is 0 Å². The van der Waals surface area contributed by atoms with Crippen LogP contribution in [0.15, 0.2) is 47.3 Å². The molecule has 4 heteroatoms. The fourth-order valence-corrected chi connectivity index (χ4v) is 1.63. The van der Waals surface area contributed by atoms with Crippen molar-refractivity contribution in [2.45, 2.75) is 0 Å². The summed E-state index contributed by atoms with van der Waals surface area (Å²) in [6, 6.07) is 7.51. The lowest BCUT2D eigenvalue weighted by Gasteiger charge is -1.98. The van der Waals surface area contributed by atoms with Crippen LogP contribution < -0.4 is 4.74 Å². The zero-order chi connectivity index (χ0) is 11.0. The van der Waals surface area contributed by atoms with E-state index in [1.165, 1.54) is 0 Å². The first-order chi connectivity index (χ1) is 7.86. The number of fused-ring (bicyclic) bond motifs is 1. The maximum absolute atomic E-state index is 5.30. The van der Waals surface area contributed by atoms with E-state index in [0.29, 0.717) is 0 Å². The summed E-state index contributed by atoms with van der Waals surface area (Å²) in [5.74, 6) is 1.56. The number of aromatic nitrogens is 2. The molecule has 0 amide bonds. The molecule has 3 heterocycles. The molecular weight excluding hydrogens is 204 g/mol. The first-order valence-electron chi connectivity index (χ1n) is 4.93. The van der Waals surface area contributed by atoms with Crippen molar-refractivity contribution in [3.63, 3.8) is 0 Å². The van der Waals surface area contributed by atoms with Gasteiger partial charge in [0.05, 0.1) is 13.4 Å². The number of imidazole rings is 1. The molecule has 0 aromatic carbocycles. The Balaban J connectivity index is 2.16. The van der Waals surface area contributed by atoms with Crippen LogP contribution in [0.2, 0.25) is 0 Å². The average molecular weight is 214 g/mol. The predicted octanol–water partition coefficient (Wildman–Crippen LogP) is 2.60. The Morgan fingerprint density at radius 3 is 3.06 bits per heavy atom. The summed E-state index contributed by atoms with van der Waals surface area (Å²) in [6.07, 6.45) is 5.47. The Hall–Kier alpha value is -2.23. The Labute approximate surface area is 92.1 Å². The van der Waals surface area contributed by atoms with Crippen molar-refractivity contribution in [1.82, 2.24) is 9.38 Å². The quantitative estimate of drug-likeness (QED) is 0.658. The summed E-state index contributed by atoms with van der Waals surface area (Å²) in [7, 11) is 1.64. The van der Waals surface area contributed by atoms with Crippen molar-refractivity contribution in [2.75, 3.05) is 7.11 Å². The molecule has 3 aromatic heterocycles. The van der Waals surface area contributed by atoms with E-state index >= 15 is 0 Å². The first-order valence-corrected chi connectivity index (χ1v) is 4.93. The molecule has 0 N–H and O–H groups in total. The smallest absolute Gasteiger partial charge is 0.153 e.